The summed E-state index contributed by atoms with van der Waals surface area (Å²) in [5, 5.41) is 2.96. The van der Waals surface area contributed by atoms with Crippen LogP contribution in [0, 0.1) is 12.8 Å². The molecule has 1 amide bonds. The lowest BCUT2D eigenvalue weighted by atomic mass is 10.0. The first-order chi connectivity index (χ1) is 11.0. The van der Waals surface area contributed by atoms with Crippen molar-refractivity contribution in [3.05, 3.63) is 59.7 Å². The molecule has 0 saturated heterocycles. The Morgan fingerprint density at radius 1 is 1.13 bits per heavy atom. The third-order valence-corrected chi connectivity index (χ3v) is 4.04. The Balaban J connectivity index is 2.07. The van der Waals surface area contributed by atoms with Gasteiger partial charge in [0.25, 0.3) is 0 Å². The van der Waals surface area contributed by atoms with E-state index in [1.165, 1.54) is 0 Å². The SMILES string of the molecule is Cc1c(COc2ccccc2)cccc1NC(=O)C(C)C(C)N. The summed E-state index contributed by atoms with van der Waals surface area (Å²) in [6, 6.07) is 15.3. The molecule has 0 saturated carbocycles. The van der Waals surface area contributed by atoms with E-state index in [1.54, 1.807) is 0 Å². The van der Waals surface area contributed by atoms with Crippen molar-refractivity contribution >= 4 is 11.6 Å². The van der Waals surface area contributed by atoms with Crippen LogP contribution in [-0.2, 0) is 11.4 Å². The third-order valence-electron chi connectivity index (χ3n) is 4.04. The summed E-state index contributed by atoms with van der Waals surface area (Å²) in [7, 11) is 0. The largest absolute Gasteiger partial charge is 0.489 e. The molecule has 0 fully saturated rings. The highest BCUT2D eigenvalue weighted by Crippen LogP contribution is 2.21. The van der Waals surface area contributed by atoms with E-state index in [9.17, 15) is 4.79 Å². The summed E-state index contributed by atoms with van der Waals surface area (Å²) < 4.78 is 5.79. The number of para-hydroxylation sites is 1. The smallest absolute Gasteiger partial charge is 0.228 e. The van der Waals surface area contributed by atoms with Gasteiger partial charge in [-0.25, -0.2) is 0 Å². The molecule has 2 aromatic carbocycles. The van der Waals surface area contributed by atoms with E-state index in [-0.39, 0.29) is 17.9 Å². The summed E-state index contributed by atoms with van der Waals surface area (Å²) in [4.78, 5) is 12.2. The van der Waals surface area contributed by atoms with Crippen LogP contribution in [0.25, 0.3) is 0 Å². The summed E-state index contributed by atoms with van der Waals surface area (Å²) >= 11 is 0. The van der Waals surface area contributed by atoms with Gasteiger partial charge in [0.05, 0.1) is 5.92 Å². The molecule has 0 aliphatic heterocycles. The first-order valence-corrected chi connectivity index (χ1v) is 7.82. The van der Waals surface area contributed by atoms with Gasteiger partial charge < -0.3 is 15.8 Å². The number of hydrogen-bond donors (Lipinski definition) is 2. The molecule has 2 unspecified atom stereocenters. The number of hydrogen-bond acceptors (Lipinski definition) is 3. The minimum atomic E-state index is -0.237. The highest BCUT2D eigenvalue weighted by Gasteiger charge is 2.18. The van der Waals surface area contributed by atoms with Gasteiger partial charge in [0.2, 0.25) is 5.91 Å². The molecule has 3 N–H and O–H groups in total. The number of anilines is 1. The van der Waals surface area contributed by atoms with Gasteiger partial charge >= 0.3 is 0 Å². The topological polar surface area (TPSA) is 64.3 Å². The van der Waals surface area contributed by atoms with Crippen molar-refractivity contribution in [1.29, 1.82) is 0 Å². The average molecular weight is 312 g/mol. The Hall–Kier alpha value is -2.33. The Morgan fingerprint density at radius 3 is 2.48 bits per heavy atom. The van der Waals surface area contributed by atoms with Crippen molar-refractivity contribution in [2.24, 2.45) is 11.7 Å². The summed E-state index contributed by atoms with van der Waals surface area (Å²) in [6.45, 7) is 6.11. The van der Waals surface area contributed by atoms with E-state index in [4.69, 9.17) is 10.5 Å². The molecular formula is C19H24N2O2. The molecule has 2 aromatic rings. The number of ether oxygens (including phenoxy) is 1. The van der Waals surface area contributed by atoms with Crippen molar-refractivity contribution in [2.45, 2.75) is 33.4 Å². The molecule has 0 aliphatic carbocycles. The van der Waals surface area contributed by atoms with E-state index in [2.05, 4.69) is 5.32 Å². The maximum Gasteiger partial charge on any atom is 0.228 e. The Labute approximate surface area is 137 Å². The summed E-state index contributed by atoms with van der Waals surface area (Å²) in [6.07, 6.45) is 0. The molecule has 0 bridgehead atoms. The normalized spacial score (nSPS) is 13.2. The fourth-order valence-electron chi connectivity index (χ4n) is 2.14. The Kier molecular flexibility index (Phi) is 5.77. The van der Waals surface area contributed by atoms with Crippen LogP contribution in [0.2, 0.25) is 0 Å². The van der Waals surface area contributed by atoms with E-state index >= 15 is 0 Å². The van der Waals surface area contributed by atoms with Crippen LogP contribution >= 0.6 is 0 Å². The van der Waals surface area contributed by atoms with Crippen LogP contribution < -0.4 is 15.8 Å². The van der Waals surface area contributed by atoms with Crippen molar-refractivity contribution in [3.63, 3.8) is 0 Å². The second-order valence-corrected chi connectivity index (χ2v) is 5.83. The van der Waals surface area contributed by atoms with Gasteiger partial charge in [-0.1, -0.05) is 37.3 Å². The molecule has 2 atom stereocenters. The Bertz CT molecular complexity index is 654. The van der Waals surface area contributed by atoms with Crippen LogP contribution in [0.1, 0.15) is 25.0 Å². The number of nitrogens with one attached hydrogen (secondary N) is 1. The van der Waals surface area contributed by atoms with Gasteiger partial charge in [-0.3, -0.25) is 4.79 Å². The lowest BCUT2D eigenvalue weighted by Crippen LogP contribution is -2.34. The van der Waals surface area contributed by atoms with Crippen LogP contribution in [-0.4, -0.2) is 11.9 Å². The zero-order valence-corrected chi connectivity index (χ0v) is 13.9. The molecule has 4 nitrogen and oxygen atoms in total. The minimum absolute atomic E-state index is 0.0655. The number of amides is 1. The standard InChI is InChI=1S/C19H24N2O2/c1-13(15(3)20)19(22)21-18-11-7-8-16(14(18)2)12-23-17-9-5-4-6-10-17/h4-11,13,15H,12,20H2,1-3H3,(H,21,22). The van der Waals surface area contributed by atoms with Crippen LogP contribution in [0.5, 0.6) is 5.75 Å². The highest BCUT2D eigenvalue weighted by atomic mass is 16.5. The Morgan fingerprint density at radius 2 is 1.83 bits per heavy atom. The first-order valence-electron chi connectivity index (χ1n) is 7.82. The third kappa shape index (κ3) is 4.57. The molecule has 122 valence electrons. The number of benzene rings is 2. The van der Waals surface area contributed by atoms with Crippen LogP contribution in [0.3, 0.4) is 0 Å². The van der Waals surface area contributed by atoms with Gasteiger partial charge in [-0.05, 0) is 43.2 Å². The molecule has 0 aromatic heterocycles. The molecule has 0 aliphatic rings. The highest BCUT2D eigenvalue weighted by molar-refractivity contribution is 5.93. The second-order valence-electron chi connectivity index (χ2n) is 5.83. The van der Waals surface area contributed by atoms with Crippen molar-refractivity contribution < 1.29 is 9.53 Å². The fraction of sp³-hybridized carbons (Fsp3) is 0.316. The molecule has 0 radical (unpaired) electrons. The molecular weight excluding hydrogens is 288 g/mol. The second kappa shape index (κ2) is 7.79. The van der Waals surface area contributed by atoms with Crippen molar-refractivity contribution in [3.8, 4) is 5.75 Å². The molecule has 0 heterocycles. The lowest BCUT2D eigenvalue weighted by molar-refractivity contribution is -0.119. The minimum Gasteiger partial charge on any atom is -0.489 e. The van der Waals surface area contributed by atoms with Crippen molar-refractivity contribution in [1.82, 2.24) is 0 Å². The first kappa shape index (κ1) is 17.0. The molecule has 4 heteroatoms. The molecule has 23 heavy (non-hydrogen) atoms. The predicted octanol–water partition coefficient (Wildman–Crippen LogP) is 3.50. The van der Waals surface area contributed by atoms with Gasteiger partial charge in [0.1, 0.15) is 12.4 Å². The summed E-state index contributed by atoms with van der Waals surface area (Å²) in [5.74, 6) is 0.523. The van der Waals surface area contributed by atoms with E-state index < -0.39 is 0 Å². The summed E-state index contributed by atoms with van der Waals surface area (Å²) in [5.41, 5.74) is 8.64. The zero-order valence-electron chi connectivity index (χ0n) is 13.9. The fourth-order valence-corrected chi connectivity index (χ4v) is 2.14. The van der Waals surface area contributed by atoms with Crippen LogP contribution in [0.4, 0.5) is 5.69 Å². The predicted molar refractivity (Wildman–Crippen MR) is 93.4 cm³/mol. The number of nitrogens with two attached hydrogens (primary N) is 1. The number of carbonyl (C=O) groups is 1. The van der Waals surface area contributed by atoms with Gasteiger partial charge in [0, 0.05) is 11.7 Å². The molecule has 2 rings (SSSR count). The maximum absolute atomic E-state index is 12.2. The zero-order chi connectivity index (χ0) is 16.8. The number of rotatable bonds is 6. The quantitative estimate of drug-likeness (QED) is 0.858. The van der Waals surface area contributed by atoms with E-state index in [0.29, 0.717) is 6.61 Å². The van der Waals surface area contributed by atoms with Crippen LogP contribution in [0.15, 0.2) is 48.5 Å². The maximum atomic E-state index is 12.2. The van der Waals surface area contributed by atoms with E-state index in [0.717, 1.165) is 22.6 Å². The van der Waals surface area contributed by atoms with Crippen molar-refractivity contribution in [2.75, 3.05) is 5.32 Å². The van der Waals surface area contributed by atoms with Gasteiger partial charge in [0.15, 0.2) is 0 Å². The lowest BCUT2D eigenvalue weighted by Gasteiger charge is -2.18. The number of carbonyl (C=O) groups excluding carboxylic acids is 1. The van der Waals surface area contributed by atoms with Gasteiger partial charge in [-0.2, -0.15) is 0 Å². The van der Waals surface area contributed by atoms with Gasteiger partial charge in [-0.15, -0.1) is 0 Å². The van der Waals surface area contributed by atoms with E-state index in [1.807, 2.05) is 69.3 Å². The average Bonchev–Trinajstić information content (AvgIpc) is 2.55. The monoisotopic (exact) mass is 312 g/mol. The molecule has 0 spiro atoms.